The van der Waals surface area contributed by atoms with Crippen molar-refractivity contribution < 1.29 is 9.53 Å². The maximum Gasteiger partial charge on any atom is 0.255 e. The van der Waals surface area contributed by atoms with E-state index in [0.29, 0.717) is 17.9 Å². The standard InChI is InChI=1S/C27H26N4O2S/c1-4-17-31-25(21-9-5-19(2)6-10-21)29-30-27(31)34-18-20-7-11-22(12-8-20)26(32)28-23-13-15-24(33-3)16-14-23/h4-16H,1,17-18H2,2-3H3,(H,28,32). The van der Waals surface area contributed by atoms with Gasteiger partial charge in [0.2, 0.25) is 0 Å². The first kappa shape index (κ1) is 23.3. The zero-order valence-corrected chi connectivity index (χ0v) is 20.0. The van der Waals surface area contributed by atoms with Gasteiger partial charge in [0.1, 0.15) is 5.75 Å². The number of allylic oxidation sites excluding steroid dienone is 1. The topological polar surface area (TPSA) is 69.0 Å². The third kappa shape index (κ3) is 5.55. The zero-order chi connectivity index (χ0) is 23.9. The highest BCUT2D eigenvalue weighted by Crippen LogP contribution is 2.27. The van der Waals surface area contributed by atoms with Crippen LogP contribution in [0.5, 0.6) is 5.75 Å². The lowest BCUT2D eigenvalue weighted by Gasteiger charge is -2.09. The van der Waals surface area contributed by atoms with Crippen molar-refractivity contribution in [3.05, 3.63) is 102 Å². The summed E-state index contributed by atoms with van der Waals surface area (Å²) in [6.07, 6.45) is 1.85. The summed E-state index contributed by atoms with van der Waals surface area (Å²) in [5.74, 6) is 2.13. The van der Waals surface area contributed by atoms with Crippen LogP contribution in [0.15, 0.2) is 90.6 Å². The molecule has 172 valence electrons. The van der Waals surface area contributed by atoms with E-state index in [1.54, 1.807) is 18.9 Å². The highest BCUT2D eigenvalue weighted by molar-refractivity contribution is 7.98. The molecule has 1 aromatic heterocycles. The molecule has 0 aliphatic heterocycles. The van der Waals surface area contributed by atoms with E-state index in [0.717, 1.165) is 33.5 Å². The Morgan fingerprint density at radius 3 is 2.38 bits per heavy atom. The summed E-state index contributed by atoms with van der Waals surface area (Å²) in [4.78, 5) is 12.6. The minimum Gasteiger partial charge on any atom is -0.497 e. The van der Waals surface area contributed by atoms with Crippen molar-refractivity contribution in [2.24, 2.45) is 0 Å². The number of methoxy groups -OCH3 is 1. The third-order valence-electron chi connectivity index (χ3n) is 5.27. The van der Waals surface area contributed by atoms with Crippen LogP contribution in [0.4, 0.5) is 5.69 Å². The fourth-order valence-electron chi connectivity index (χ4n) is 3.38. The summed E-state index contributed by atoms with van der Waals surface area (Å²) in [5.41, 5.74) is 4.64. The summed E-state index contributed by atoms with van der Waals surface area (Å²) in [6.45, 7) is 6.57. The Kier molecular flexibility index (Phi) is 7.44. The summed E-state index contributed by atoms with van der Waals surface area (Å²) in [7, 11) is 1.61. The molecule has 0 bridgehead atoms. The molecule has 1 N–H and O–H groups in total. The Morgan fingerprint density at radius 2 is 1.74 bits per heavy atom. The summed E-state index contributed by atoms with van der Waals surface area (Å²) < 4.78 is 7.21. The number of nitrogens with zero attached hydrogens (tertiary/aromatic N) is 3. The molecule has 4 rings (SSSR count). The lowest BCUT2D eigenvalue weighted by atomic mass is 10.1. The molecule has 3 aromatic carbocycles. The van der Waals surface area contributed by atoms with Crippen LogP contribution in [0.2, 0.25) is 0 Å². The van der Waals surface area contributed by atoms with Crippen LogP contribution in [0, 0.1) is 6.92 Å². The van der Waals surface area contributed by atoms with Gasteiger partial charge < -0.3 is 10.1 Å². The summed E-state index contributed by atoms with van der Waals surface area (Å²) in [5, 5.41) is 12.6. The maximum absolute atomic E-state index is 12.6. The van der Waals surface area contributed by atoms with Crippen molar-refractivity contribution in [3.63, 3.8) is 0 Å². The van der Waals surface area contributed by atoms with Crippen molar-refractivity contribution in [2.45, 2.75) is 24.4 Å². The molecule has 0 aliphatic carbocycles. The van der Waals surface area contributed by atoms with Gasteiger partial charge in [0.15, 0.2) is 11.0 Å². The van der Waals surface area contributed by atoms with Crippen molar-refractivity contribution in [1.29, 1.82) is 0 Å². The molecule has 0 radical (unpaired) electrons. The second kappa shape index (κ2) is 10.9. The Morgan fingerprint density at radius 1 is 1.03 bits per heavy atom. The second-order valence-electron chi connectivity index (χ2n) is 7.74. The van der Waals surface area contributed by atoms with E-state index < -0.39 is 0 Å². The fraction of sp³-hybridized carbons (Fsp3) is 0.148. The molecule has 0 fully saturated rings. The average Bonchev–Trinajstić information content (AvgIpc) is 3.26. The Bertz CT molecular complexity index is 1260. The van der Waals surface area contributed by atoms with Gasteiger partial charge in [-0.3, -0.25) is 9.36 Å². The molecule has 4 aromatic rings. The number of aryl methyl sites for hydroxylation is 1. The molecule has 0 spiro atoms. The molecule has 0 unspecified atom stereocenters. The van der Waals surface area contributed by atoms with E-state index in [1.807, 2.05) is 54.6 Å². The van der Waals surface area contributed by atoms with Gasteiger partial charge in [0.05, 0.1) is 7.11 Å². The molecule has 6 nitrogen and oxygen atoms in total. The number of carbonyl (C=O) groups excluding carboxylic acids is 1. The number of nitrogens with one attached hydrogen (secondary N) is 1. The predicted octanol–water partition coefficient (Wildman–Crippen LogP) is 5.99. The van der Waals surface area contributed by atoms with E-state index in [1.165, 1.54) is 5.56 Å². The van der Waals surface area contributed by atoms with Gasteiger partial charge in [-0.05, 0) is 48.9 Å². The Balaban J connectivity index is 1.41. The first-order chi connectivity index (χ1) is 16.6. The second-order valence-corrected chi connectivity index (χ2v) is 8.68. The molecule has 1 heterocycles. The Hall–Kier alpha value is -3.84. The lowest BCUT2D eigenvalue weighted by molar-refractivity contribution is 0.102. The van der Waals surface area contributed by atoms with E-state index >= 15 is 0 Å². The molecule has 7 heteroatoms. The number of rotatable bonds is 9. The molecular formula is C27H26N4O2S. The van der Waals surface area contributed by atoms with Gasteiger partial charge in [-0.15, -0.1) is 16.8 Å². The molecule has 0 saturated carbocycles. The molecule has 1 amide bonds. The van der Waals surface area contributed by atoms with E-state index in [-0.39, 0.29) is 5.91 Å². The number of carbonyl (C=O) groups is 1. The van der Waals surface area contributed by atoms with Gasteiger partial charge in [-0.25, -0.2) is 0 Å². The van der Waals surface area contributed by atoms with Crippen LogP contribution < -0.4 is 10.1 Å². The minimum atomic E-state index is -0.155. The minimum absolute atomic E-state index is 0.155. The third-order valence-corrected chi connectivity index (χ3v) is 6.31. The number of benzene rings is 3. The van der Waals surface area contributed by atoms with Gasteiger partial charge in [0, 0.05) is 29.1 Å². The highest BCUT2D eigenvalue weighted by Gasteiger charge is 2.14. The van der Waals surface area contributed by atoms with E-state index in [2.05, 4.69) is 57.8 Å². The van der Waals surface area contributed by atoms with E-state index in [4.69, 9.17) is 4.74 Å². The van der Waals surface area contributed by atoms with Gasteiger partial charge in [-0.1, -0.05) is 59.8 Å². The first-order valence-corrected chi connectivity index (χ1v) is 11.8. The molecule has 34 heavy (non-hydrogen) atoms. The van der Waals surface area contributed by atoms with Crippen molar-refractivity contribution in [3.8, 4) is 17.1 Å². The molecule has 0 atom stereocenters. The lowest BCUT2D eigenvalue weighted by Crippen LogP contribution is -2.11. The van der Waals surface area contributed by atoms with Gasteiger partial charge >= 0.3 is 0 Å². The van der Waals surface area contributed by atoms with Crippen molar-refractivity contribution in [1.82, 2.24) is 14.8 Å². The number of ether oxygens (including phenoxy) is 1. The SMILES string of the molecule is C=CCn1c(SCc2ccc(C(=O)Nc3ccc(OC)cc3)cc2)nnc1-c1ccc(C)cc1. The number of aromatic nitrogens is 3. The van der Waals surface area contributed by atoms with Crippen LogP contribution in [0.1, 0.15) is 21.5 Å². The monoisotopic (exact) mass is 470 g/mol. The maximum atomic E-state index is 12.6. The number of anilines is 1. The number of thioether (sulfide) groups is 1. The van der Waals surface area contributed by atoms with Gasteiger partial charge in [-0.2, -0.15) is 0 Å². The van der Waals surface area contributed by atoms with Crippen LogP contribution in [-0.4, -0.2) is 27.8 Å². The largest absolute Gasteiger partial charge is 0.497 e. The predicted molar refractivity (Wildman–Crippen MR) is 137 cm³/mol. The fourth-order valence-corrected chi connectivity index (χ4v) is 4.29. The van der Waals surface area contributed by atoms with Gasteiger partial charge in [0.25, 0.3) is 5.91 Å². The van der Waals surface area contributed by atoms with Crippen LogP contribution in [0.3, 0.4) is 0 Å². The summed E-state index contributed by atoms with van der Waals surface area (Å²) >= 11 is 1.61. The first-order valence-electron chi connectivity index (χ1n) is 10.9. The Labute approximate surface area is 203 Å². The molecular weight excluding hydrogens is 444 g/mol. The van der Waals surface area contributed by atoms with E-state index in [9.17, 15) is 4.79 Å². The van der Waals surface area contributed by atoms with Crippen molar-refractivity contribution >= 4 is 23.4 Å². The highest BCUT2D eigenvalue weighted by atomic mass is 32.2. The van der Waals surface area contributed by atoms with Crippen LogP contribution in [-0.2, 0) is 12.3 Å². The van der Waals surface area contributed by atoms with Crippen LogP contribution >= 0.6 is 11.8 Å². The number of hydrogen-bond acceptors (Lipinski definition) is 5. The van der Waals surface area contributed by atoms with Crippen molar-refractivity contribution in [2.75, 3.05) is 12.4 Å². The normalized spacial score (nSPS) is 10.6. The zero-order valence-electron chi connectivity index (χ0n) is 19.2. The smallest absolute Gasteiger partial charge is 0.255 e. The quantitative estimate of drug-likeness (QED) is 0.240. The average molecular weight is 471 g/mol. The molecule has 0 saturated heterocycles. The number of amides is 1. The number of hydrogen-bond donors (Lipinski definition) is 1. The van der Waals surface area contributed by atoms with Crippen LogP contribution in [0.25, 0.3) is 11.4 Å². The molecule has 0 aliphatic rings. The summed E-state index contributed by atoms with van der Waals surface area (Å²) in [6, 6.07) is 23.1.